The lowest BCUT2D eigenvalue weighted by molar-refractivity contribution is -0.167. The van der Waals surface area contributed by atoms with Crippen molar-refractivity contribution in [3.05, 3.63) is 97.2 Å². The maximum Gasteiger partial charge on any atom is 0.306 e. The highest BCUT2D eigenvalue weighted by atomic mass is 16.6. The fourth-order valence-electron chi connectivity index (χ4n) is 8.83. The highest BCUT2D eigenvalue weighted by Crippen LogP contribution is 2.16. The third-order valence-electron chi connectivity index (χ3n) is 13.6. The third-order valence-corrected chi connectivity index (χ3v) is 13.6. The van der Waals surface area contributed by atoms with E-state index in [0.717, 1.165) is 109 Å². The van der Waals surface area contributed by atoms with E-state index in [1.165, 1.54) is 154 Å². The van der Waals surface area contributed by atoms with Crippen molar-refractivity contribution in [1.29, 1.82) is 0 Å². The Bertz CT molecular complexity index is 1480. The quantitative estimate of drug-likeness (QED) is 0.0261. The summed E-state index contributed by atoms with van der Waals surface area (Å²) in [6.45, 7) is 6.43. The average molecular weight is 1040 g/mol. The number of carbonyl (C=O) groups excluding carboxylic acids is 3. The highest BCUT2D eigenvalue weighted by molar-refractivity contribution is 5.71. The van der Waals surface area contributed by atoms with Crippen molar-refractivity contribution in [2.45, 2.75) is 309 Å². The third kappa shape index (κ3) is 61.1. The number of ether oxygens (including phenoxy) is 3. The fourth-order valence-corrected chi connectivity index (χ4v) is 8.83. The van der Waals surface area contributed by atoms with Gasteiger partial charge in [-0.1, -0.05) is 279 Å². The standard InChI is InChI=1S/C69H118O6/c1-4-7-10-13-15-17-19-21-23-25-27-28-29-30-31-32-33-34-35-36-37-38-39-40-42-43-45-47-49-51-53-56-59-62-68(71)74-65-66(64-73-67(70)61-58-55-12-9-6-3)75-69(72)63-60-57-54-52-50-48-46-44-41-26-24-22-20-18-16-14-11-8-5-2/h7,10,15-18,21-24,27-28,30-31,33-34,66H,4-6,8-9,11-14,19-20,25-26,29,32,35-65H2,1-3H3/b10-7-,17-15-,18-16-,23-21-,24-22-,28-27-,31-30-,34-33-. The second-order valence-corrected chi connectivity index (χ2v) is 20.9. The van der Waals surface area contributed by atoms with Crippen molar-refractivity contribution in [2.75, 3.05) is 13.2 Å². The van der Waals surface area contributed by atoms with Gasteiger partial charge in [0.15, 0.2) is 6.10 Å². The first kappa shape index (κ1) is 71.3. The van der Waals surface area contributed by atoms with Crippen LogP contribution in [0.1, 0.15) is 303 Å². The van der Waals surface area contributed by atoms with Crippen LogP contribution in [-0.2, 0) is 28.6 Å². The minimum absolute atomic E-state index is 0.0771. The van der Waals surface area contributed by atoms with Gasteiger partial charge in [0.05, 0.1) is 0 Å². The molecule has 1 atom stereocenters. The Morgan fingerprint density at radius 2 is 0.520 bits per heavy atom. The summed E-state index contributed by atoms with van der Waals surface area (Å²) in [5, 5.41) is 0. The Hall–Kier alpha value is -3.67. The van der Waals surface area contributed by atoms with Gasteiger partial charge < -0.3 is 14.2 Å². The molecular formula is C69H118O6. The Kier molecular flexibility index (Phi) is 59.8. The van der Waals surface area contributed by atoms with Crippen molar-refractivity contribution >= 4 is 17.9 Å². The van der Waals surface area contributed by atoms with E-state index in [0.29, 0.717) is 19.3 Å². The molecule has 0 saturated carbocycles. The van der Waals surface area contributed by atoms with Crippen LogP contribution >= 0.6 is 0 Å². The van der Waals surface area contributed by atoms with Crippen LogP contribution < -0.4 is 0 Å². The number of esters is 3. The molecule has 6 heteroatoms. The first-order valence-electron chi connectivity index (χ1n) is 31.7. The van der Waals surface area contributed by atoms with Crippen molar-refractivity contribution in [3.63, 3.8) is 0 Å². The zero-order valence-corrected chi connectivity index (χ0v) is 49.3. The second-order valence-electron chi connectivity index (χ2n) is 20.9. The van der Waals surface area contributed by atoms with E-state index >= 15 is 0 Å². The van der Waals surface area contributed by atoms with Gasteiger partial charge in [-0.25, -0.2) is 0 Å². The van der Waals surface area contributed by atoms with Crippen molar-refractivity contribution in [1.82, 2.24) is 0 Å². The predicted octanol–water partition coefficient (Wildman–Crippen LogP) is 21.7. The van der Waals surface area contributed by atoms with E-state index in [-0.39, 0.29) is 31.1 Å². The van der Waals surface area contributed by atoms with E-state index in [1.54, 1.807) is 0 Å². The Labute approximate surface area is 464 Å². The number of hydrogen-bond donors (Lipinski definition) is 0. The van der Waals surface area contributed by atoms with Gasteiger partial charge in [0, 0.05) is 19.3 Å². The molecule has 0 rings (SSSR count). The Balaban J connectivity index is 4.00. The molecule has 0 aliphatic rings. The molecule has 0 fully saturated rings. The molecule has 0 spiro atoms. The van der Waals surface area contributed by atoms with Gasteiger partial charge in [-0.15, -0.1) is 0 Å². The average Bonchev–Trinajstić information content (AvgIpc) is 3.41. The summed E-state index contributed by atoms with van der Waals surface area (Å²) in [7, 11) is 0. The SMILES string of the molecule is CC/C=C\C/C=C\C/C=C\C/C=C\C/C=C\C/C=C\CCCCCCCCCCCCCCCCC(=O)OCC(COC(=O)CCCCCCC)OC(=O)CCCCCCCCCCC/C=C\C/C=C\CCCCC. The molecule has 430 valence electrons. The zero-order chi connectivity index (χ0) is 54.3. The van der Waals surface area contributed by atoms with Gasteiger partial charge in [0.2, 0.25) is 0 Å². The molecule has 1 unspecified atom stereocenters. The molecule has 0 aliphatic heterocycles. The Morgan fingerprint density at radius 1 is 0.280 bits per heavy atom. The summed E-state index contributed by atoms with van der Waals surface area (Å²) in [5.74, 6) is -0.888. The topological polar surface area (TPSA) is 78.9 Å². The minimum atomic E-state index is -0.775. The fraction of sp³-hybridized carbons (Fsp3) is 0.725. The van der Waals surface area contributed by atoms with Crippen molar-refractivity contribution < 1.29 is 28.6 Å². The lowest BCUT2D eigenvalue weighted by atomic mass is 10.0. The second kappa shape index (κ2) is 62.9. The predicted molar refractivity (Wildman–Crippen MR) is 325 cm³/mol. The summed E-state index contributed by atoms with van der Waals surface area (Å²) in [6.07, 6.45) is 84.6. The van der Waals surface area contributed by atoms with Crippen LogP contribution in [0.2, 0.25) is 0 Å². The summed E-state index contributed by atoms with van der Waals surface area (Å²) in [5.41, 5.74) is 0. The number of allylic oxidation sites excluding steroid dienone is 16. The summed E-state index contributed by atoms with van der Waals surface area (Å²) >= 11 is 0. The van der Waals surface area contributed by atoms with Crippen LogP contribution in [-0.4, -0.2) is 37.2 Å². The molecule has 0 bridgehead atoms. The lowest BCUT2D eigenvalue weighted by Crippen LogP contribution is -2.30. The number of unbranched alkanes of at least 4 members (excludes halogenated alkanes) is 30. The highest BCUT2D eigenvalue weighted by Gasteiger charge is 2.19. The minimum Gasteiger partial charge on any atom is -0.462 e. The first-order chi connectivity index (χ1) is 37.0. The van der Waals surface area contributed by atoms with Crippen molar-refractivity contribution in [3.8, 4) is 0 Å². The van der Waals surface area contributed by atoms with E-state index in [2.05, 4.69) is 118 Å². The largest absolute Gasteiger partial charge is 0.462 e. The molecule has 75 heavy (non-hydrogen) atoms. The number of hydrogen-bond acceptors (Lipinski definition) is 6. The molecule has 0 aliphatic carbocycles. The van der Waals surface area contributed by atoms with Crippen LogP contribution in [0.15, 0.2) is 97.2 Å². The van der Waals surface area contributed by atoms with Crippen LogP contribution in [0.25, 0.3) is 0 Å². The van der Waals surface area contributed by atoms with Gasteiger partial charge in [-0.2, -0.15) is 0 Å². The van der Waals surface area contributed by atoms with Crippen LogP contribution in [0.4, 0.5) is 0 Å². The van der Waals surface area contributed by atoms with Crippen molar-refractivity contribution in [2.24, 2.45) is 0 Å². The van der Waals surface area contributed by atoms with Crippen LogP contribution in [0, 0.1) is 0 Å². The summed E-state index contributed by atoms with van der Waals surface area (Å²) < 4.78 is 16.8. The summed E-state index contributed by atoms with van der Waals surface area (Å²) in [6, 6.07) is 0. The molecular weight excluding hydrogens is 925 g/mol. The zero-order valence-electron chi connectivity index (χ0n) is 49.3. The molecule has 0 heterocycles. The maximum absolute atomic E-state index is 12.8. The first-order valence-corrected chi connectivity index (χ1v) is 31.7. The maximum atomic E-state index is 12.8. The molecule has 0 N–H and O–H groups in total. The number of carbonyl (C=O) groups is 3. The van der Waals surface area contributed by atoms with Gasteiger partial charge in [-0.3, -0.25) is 14.4 Å². The summed E-state index contributed by atoms with van der Waals surface area (Å²) in [4.78, 5) is 37.9. The smallest absolute Gasteiger partial charge is 0.306 e. The lowest BCUT2D eigenvalue weighted by Gasteiger charge is -2.18. The molecule has 6 nitrogen and oxygen atoms in total. The molecule has 0 radical (unpaired) electrons. The van der Waals surface area contributed by atoms with Gasteiger partial charge in [-0.05, 0) is 103 Å². The Morgan fingerprint density at radius 3 is 0.840 bits per heavy atom. The van der Waals surface area contributed by atoms with Gasteiger partial charge >= 0.3 is 17.9 Å². The monoisotopic (exact) mass is 1040 g/mol. The molecule has 0 saturated heterocycles. The normalized spacial score (nSPS) is 12.7. The van der Waals surface area contributed by atoms with Crippen LogP contribution in [0.3, 0.4) is 0 Å². The van der Waals surface area contributed by atoms with E-state index in [4.69, 9.17) is 14.2 Å². The molecule has 0 aromatic carbocycles. The van der Waals surface area contributed by atoms with E-state index in [9.17, 15) is 14.4 Å². The van der Waals surface area contributed by atoms with Gasteiger partial charge in [0.1, 0.15) is 13.2 Å². The van der Waals surface area contributed by atoms with E-state index < -0.39 is 6.10 Å². The molecule has 0 aromatic heterocycles. The number of rotatable bonds is 57. The van der Waals surface area contributed by atoms with E-state index in [1.807, 2.05) is 0 Å². The van der Waals surface area contributed by atoms with Crippen LogP contribution in [0.5, 0.6) is 0 Å². The van der Waals surface area contributed by atoms with Gasteiger partial charge in [0.25, 0.3) is 0 Å². The molecule has 0 amide bonds. The molecule has 0 aromatic rings.